The molecule has 0 aliphatic carbocycles. The lowest BCUT2D eigenvalue weighted by atomic mass is 10.2. The Bertz CT molecular complexity index is 731. The SMILES string of the molecule is COc1cc(C=NNC(=O)c2ccccc2O)cc(Br)c1O. The summed E-state index contributed by atoms with van der Waals surface area (Å²) in [4.78, 5) is 11.8. The Hall–Kier alpha value is -2.54. The van der Waals surface area contributed by atoms with E-state index in [0.29, 0.717) is 10.0 Å². The molecule has 7 heteroatoms. The molecule has 0 aliphatic rings. The molecule has 22 heavy (non-hydrogen) atoms. The van der Waals surface area contributed by atoms with Gasteiger partial charge in [0.05, 0.1) is 23.4 Å². The number of amides is 1. The number of hydrogen-bond donors (Lipinski definition) is 3. The molecule has 0 radical (unpaired) electrons. The highest BCUT2D eigenvalue weighted by molar-refractivity contribution is 9.10. The van der Waals surface area contributed by atoms with E-state index in [2.05, 4.69) is 26.5 Å². The van der Waals surface area contributed by atoms with E-state index in [4.69, 9.17) is 4.74 Å². The fraction of sp³-hybridized carbons (Fsp3) is 0.0667. The molecule has 0 heterocycles. The molecule has 0 aromatic heterocycles. The third kappa shape index (κ3) is 3.56. The number of carbonyl (C=O) groups excluding carboxylic acids is 1. The molecule has 0 atom stereocenters. The quantitative estimate of drug-likeness (QED) is 0.574. The van der Waals surface area contributed by atoms with Crippen molar-refractivity contribution in [1.82, 2.24) is 5.43 Å². The summed E-state index contributed by atoms with van der Waals surface area (Å²) in [7, 11) is 1.43. The predicted octanol–water partition coefficient (Wildman–Crippen LogP) is 2.63. The topological polar surface area (TPSA) is 91.2 Å². The number of para-hydroxylation sites is 1. The van der Waals surface area contributed by atoms with Gasteiger partial charge in [-0.2, -0.15) is 5.10 Å². The third-order valence-electron chi connectivity index (χ3n) is 2.80. The van der Waals surface area contributed by atoms with Gasteiger partial charge in [0.25, 0.3) is 5.91 Å². The third-order valence-corrected chi connectivity index (χ3v) is 3.40. The lowest BCUT2D eigenvalue weighted by Crippen LogP contribution is -2.17. The minimum absolute atomic E-state index is 0.0158. The lowest BCUT2D eigenvalue weighted by Gasteiger charge is -2.06. The van der Waals surface area contributed by atoms with Crippen LogP contribution in [0.1, 0.15) is 15.9 Å². The van der Waals surface area contributed by atoms with Crippen LogP contribution in [0.4, 0.5) is 0 Å². The maximum absolute atomic E-state index is 11.8. The second-order valence-electron chi connectivity index (χ2n) is 4.27. The summed E-state index contributed by atoms with van der Waals surface area (Å²) in [5, 5.41) is 23.1. The van der Waals surface area contributed by atoms with Crippen molar-refractivity contribution in [2.75, 3.05) is 7.11 Å². The van der Waals surface area contributed by atoms with Gasteiger partial charge < -0.3 is 14.9 Å². The average molecular weight is 365 g/mol. The summed E-state index contributed by atoms with van der Waals surface area (Å²) in [6.45, 7) is 0. The van der Waals surface area contributed by atoms with Gasteiger partial charge in [0.1, 0.15) is 5.75 Å². The Morgan fingerprint density at radius 3 is 2.73 bits per heavy atom. The Morgan fingerprint density at radius 1 is 1.32 bits per heavy atom. The molecule has 6 nitrogen and oxygen atoms in total. The van der Waals surface area contributed by atoms with Crippen molar-refractivity contribution < 1.29 is 19.7 Å². The van der Waals surface area contributed by atoms with Crippen molar-refractivity contribution in [3.8, 4) is 17.2 Å². The van der Waals surface area contributed by atoms with Crippen LogP contribution in [0, 0.1) is 0 Å². The zero-order valence-corrected chi connectivity index (χ0v) is 13.2. The molecule has 2 rings (SSSR count). The maximum atomic E-state index is 11.8. The molecule has 0 spiro atoms. The van der Waals surface area contributed by atoms with Crippen molar-refractivity contribution in [2.24, 2.45) is 5.10 Å². The van der Waals surface area contributed by atoms with E-state index in [1.54, 1.807) is 24.3 Å². The number of carbonyl (C=O) groups is 1. The van der Waals surface area contributed by atoms with Crippen molar-refractivity contribution in [1.29, 1.82) is 0 Å². The number of benzene rings is 2. The van der Waals surface area contributed by atoms with Gasteiger partial charge in [-0.05, 0) is 45.8 Å². The van der Waals surface area contributed by atoms with Gasteiger partial charge in [0, 0.05) is 0 Å². The largest absolute Gasteiger partial charge is 0.507 e. The molecule has 0 unspecified atom stereocenters. The van der Waals surface area contributed by atoms with Crippen LogP contribution >= 0.6 is 15.9 Å². The minimum atomic E-state index is -0.529. The number of halogens is 1. The number of phenols is 2. The first kappa shape index (κ1) is 15.8. The number of rotatable bonds is 4. The van der Waals surface area contributed by atoms with E-state index in [0.717, 1.165) is 0 Å². The van der Waals surface area contributed by atoms with Gasteiger partial charge in [0.15, 0.2) is 11.5 Å². The van der Waals surface area contributed by atoms with Crippen molar-refractivity contribution in [2.45, 2.75) is 0 Å². The summed E-state index contributed by atoms with van der Waals surface area (Å²) >= 11 is 3.19. The Morgan fingerprint density at radius 2 is 2.05 bits per heavy atom. The van der Waals surface area contributed by atoms with E-state index < -0.39 is 5.91 Å². The van der Waals surface area contributed by atoms with Crippen molar-refractivity contribution >= 4 is 28.1 Å². The molecular weight excluding hydrogens is 352 g/mol. The van der Waals surface area contributed by atoms with Crippen LogP contribution in [0.5, 0.6) is 17.2 Å². The molecule has 0 aliphatic heterocycles. The summed E-state index contributed by atoms with van der Waals surface area (Å²) < 4.78 is 5.46. The summed E-state index contributed by atoms with van der Waals surface area (Å²) in [5.74, 6) is -0.385. The van der Waals surface area contributed by atoms with Gasteiger partial charge in [-0.3, -0.25) is 4.79 Å². The zero-order valence-electron chi connectivity index (χ0n) is 11.6. The fourth-order valence-corrected chi connectivity index (χ4v) is 2.17. The molecule has 2 aromatic carbocycles. The predicted molar refractivity (Wildman–Crippen MR) is 85.5 cm³/mol. The highest BCUT2D eigenvalue weighted by atomic mass is 79.9. The van der Waals surface area contributed by atoms with Crippen LogP contribution in [0.25, 0.3) is 0 Å². The first-order valence-electron chi connectivity index (χ1n) is 6.21. The van der Waals surface area contributed by atoms with Gasteiger partial charge in [-0.25, -0.2) is 5.43 Å². The van der Waals surface area contributed by atoms with Gasteiger partial charge >= 0.3 is 0 Å². The molecule has 1 amide bonds. The molecule has 3 N–H and O–H groups in total. The van der Waals surface area contributed by atoms with Crippen LogP contribution < -0.4 is 10.2 Å². The molecule has 0 saturated heterocycles. The number of nitrogens with zero attached hydrogens (tertiary/aromatic N) is 1. The molecule has 0 fully saturated rings. The maximum Gasteiger partial charge on any atom is 0.275 e. The number of methoxy groups -OCH3 is 1. The van der Waals surface area contributed by atoms with E-state index in [1.807, 2.05) is 0 Å². The van der Waals surface area contributed by atoms with E-state index in [1.165, 1.54) is 25.5 Å². The Labute approximate surface area is 135 Å². The smallest absolute Gasteiger partial charge is 0.275 e. The highest BCUT2D eigenvalue weighted by Gasteiger charge is 2.09. The summed E-state index contributed by atoms with van der Waals surface area (Å²) in [6, 6.07) is 9.35. The van der Waals surface area contributed by atoms with E-state index >= 15 is 0 Å². The number of hydrogen-bond acceptors (Lipinski definition) is 5. The first-order valence-corrected chi connectivity index (χ1v) is 7.00. The van der Waals surface area contributed by atoms with Gasteiger partial charge in [-0.1, -0.05) is 12.1 Å². The van der Waals surface area contributed by atoms with Crippen LogP contribution in [-0.4, -0.2) is 29.4 Å². The number of ether oxygens (including phenoxy) is 1. The van der Waals surface area contributed by atoms with Crippen LogP contribution in [0.3, 0.4) is 0 Å². The van der Waals surface area contributed by atoms with Crippen LogP contribution in [0.15, 0.2) is 46.0 Å². The minimum Gasteiger partial charge on any atom is -0.507 e. The first-order chi connectivity index (χ1) is 10.5. The number of hydrazone groups is 1. The normalized spacial score (nSPS) is 10.6. The summed E-state index contributed by atoms with van der Waals surface area (Å²) in [6.07, 6.45) is 1.39. The zero-order chi connectivity index (χ0) is 16.1. The van der Waals surface area contributed by atoms with Gasteiger partial charge in [-0.15, -0.1) is 0 Å². The average Bonchev–Trinajstić information content (AvgIpc) is 2.50. The number of phenolic OH excluding ortho intramolecular Hbond substituents is 2. The second-order valence-corrected chi connectivity index (χ2v) is 5.12. The van der Waals surface area contributed by atoms with E-state index in [9.17, 15) is 15.0 Å². The summed E-state index contributed by atoms with van der Waals surface area (Å²) in [5.41, 5.74) is 3.05. The highest BCUT2D eigenvalue weighted by Crippen LogP contribution is 2.34. The van der Waals surface area contributed by atoms with Crippen LogP contribution in [-0.2, 0) is 0 Å². The second kappa shape index (κ2) is 6.95. The monoisotopic (exact) mass is 364 g/mol. The lowest BCUT2D eigenvalue weighted by molar-refractivity contribution is 0.0952. The molecule has 0 bridgehead atoms. The van der Waals surface area contributed by atoms with Crippen LogP contribution in [0.2, 0.25) is 0 Å². The van der Waals surface area contributed by atoms with Crippen molar-refractivity contribution in [3.05, 3.63) is 52.0 Å². The molecular formula is C15H13BrN2O4. The standard InChI is InChI=1S/C15H13BrN2O4/c1-22-13-7-9(6-11(16)14(13)20)8-17-18-15(21)10-4-2-3-5-12(10)19/h2-8,19-20H,1H3,(H,18,21). The molecule has 114 valence electrons. The van der Waals surface area contributed by atoms with Crippen molar-refractivity contribution in [3.63, 3.8) is 0 Å². The number of aromatic hydroxyl groups is 2. The molecule has 0 saturated carbocycles. The Kier molecular flexibility index (Phi) is 5.00. The fourth-order valence-electron chi connectivity index (χ4n) is 1.72. The molecule has 2 aromatic rings. The van der Waals surface area contributed by atoms with Gasteiger partial charge in [0.2, 0.25) is 0 Å². The van der Waals surface area contributed by atoms with E-state index in [-0.39, 0.29) is 22.8 Å². The number of nitrogens with one attached hydrogen (secondary N) is 1. The Balaban J connectivity index is 2.12.